The third kappa shape index (κ3) is 4.16. The molecular weight excluding hydrogens is 352 g/mol. The van der Waals surface area contributed by atoms with E-state index < -0.39 is 5.97 Å². The Balaban J connectivity index is 1.73. The van der Waals surface area contributed by atoms with Crippen LogP contribution in [0.3, 0.4) is 0 Å². The van der Waals surface area contributed by atoms with E-state index in [4.69, 9.17) is 26.2 Å². The van der Waals surface area contributed by atoms with Crippen molar-refractivity contribution in [2.45, 2.75) is 6.61 Å². The molecular formula is C21H17ClO4. The smallest absolute Gasteiger partial charge is 0.335 e. The van der Waals surface area contributed by atoms with Crippen LogP contribution in [-0.2, 0) is 6.61 Å². The summed E-state index contributed by atoms with van der Waals surface area (Å²) in [6, 6.07) is 20.0. The number of benzene rings is 3. The van der Waals surface area contributed by atoms with E-state index in [2.05, 4.69) is 0 Å². The maximum absolute atomic E-state index is 10.9. The highest BCUT2D eigenvalue weighted by Crippen LogP contribution is 2.30. The summed E-state index contributed by atoms with van der Waals surface area (Å²) in [6.45, 7) is 0.379. The van der Waals surface area contributed by atoms with Gasteiger partial charge in [0.25, 0.3) is 0 Å². The van der Waals surface area contributed by atoms with Gasteiger partial charge in [-0.05, 0) is 59.2 Å². The Morgan fingerprint density at radius 2 is 1.73 bits per heavy atom. The van der Waals surface area contributed by atoms with Gasteiger partial charge in [-0.1, -0.05) is 35.9 Å². The second-order valence-electron chi connectivity index (χ2n) is 5.67. The van der Waals surface area contributed by atoms with Crippen LogP contribution >= 0.6 is 11.6 Å². The fourth-order valence-electron chi connectivity index (χ4n) is 2.55. The minimum Gasteiger partial charge on any atom is -0.495 e. The Bertz CT molecular complexity index is 920. The Kier molecular flexibility index (Phi) is 5.44. The summed E-state index contributed by atoms with van der Waals surface area (Å²) in [7, 11) is 1.59. The molecule has 0 atom stereocenters. The van der Waals surface area contributed by atoms with Gasteiger partial charge in [0.05, 0.1) is 17.7 Å². The Morgan fingerprint density at radius 1 is 1.00 bits per heavy atom. The van der Waals surface area contributed by atoms with Crippen molar-refractivity contribution in [2.24, 2.45) is 0 Å². The number of hydrogen-bond acceptors (Lipinski definition) is 3. The topological polar surface area (TPSA) is 55.8 Å². The normalized spacial score (nSPS) is 10.4. The first-order valence-corrected chi connectivity index (χ1v) is 8.33. The summed E-state index contributed by atoms with van der Waals surface area (Å²) >= 11 is 6.20. The van der Waals surface area contributed by atoms with Crippen molar-refractivity contribution < 1.29 is 19.4 Å². The maximum Gasteiger partial charge on any atom is 0.335 e. The van der Waals surface area contributed by atoms with Crippen LogP contribution in [-0.4, -0.2) is 18.2 Å². The molecule has 3 aromatic rings. The number of aromatic carboxylic acids is 1. The molecule has 3 aromatic carbocycles. The zero-order valence-electron chi connectivity index (χ0n) is 14.1. The average Bonchev–Trinajstić information content (AvgIpc) is 2.67. The quantitative estimate of drug-likeness (QED) is 0.642. The highest BCUT2D eigenvalue weighted by atomic mass is 35.5. The van der Waals surface area contributed by atoms with Crippen molar-refractivity contribution in [3.05, 3.63) is 82.9 Å². The third-order valence-corrected chi connectivity index (χ3v) is 4.21. The highest BCUT2D eigenvalue weighted by Gasteiger charge is 2.06. The van der Waals surface area contributed by atoms with Crippen molar-refractivity contribution in [3.63, 3.8) is 0 Å². The summed E-state index contributed by atoms with van der Waals surface area (Å²) in [6.07, 6.45) is 0. The van der Waals surface area contributed by atoms with Crippen LogP contribution in [0, 0.1) is 0 Å². The van der Waals surface area contributed by atoms with E-state index >= 15 is 0 Å². The fraction of sp³-hybridized carbons (Fsp3) is 0.0952. The lowest BCUT2D eigenvalue weighted by atomic mass is 10.0. The summed E-state index contributed by atoms with van der Waals surface area (Å²) in [4.78, 5) is 10.9. The first-order valence-electron chi connectivity index (χ1n) is 7.96. The van der Waals surface area contributed by atoms with Gasteiger partial charge in [0.15, 0.2) is 0 Å². The number of carboxylic acid groups (broad SMARTS) is 1. The number of carboxylic acids is 1. The average molecular weight is 369 g/mol. The van der Waals surface area contributed by atoms with Gasteiger partial charge < -0.3 is 14.6 Å². The number of hydrogen-bond donors (Lipinski definition) is 1. The lowest BCUT2D eigenvalue weighted by Crippen LogP contribution is -1.98. The SMILES string of the molecule is COc1ccc(-c2cccc(COc3ccc(C(=O)O)cc3)c2)cc1Cl. The van der Waals surface area contributed by atoms with Crippen LogP contribution in [0.2, 0.25) is 5.02 Å². The zero-order valence-corrected chi connectivity index (χ0v) is 14.9. The molecule has 0 saturated carbocycles. The van der Waals surface area contributed by atoms with E-state index in [1.165, 1.54) is 12.1 Å². The van der Waals surface area contributed by atoms with Gasteiger partial charge in [-0.2, -0.15) is 0 Å². The molecule has 0 radical (unpaired) electrons. The van der Waals surface area contributed by atoms with Gasteiger partial charge in [0.2, 0.25) is 0 Å². The van der Waals surface area contributed by atoms with E-state index in [9.17, 15) is 4.79 Å². The molecule has 3 rings (SSSR count). The predicted molar refractivity (Wildman–Crippen MR) is 101 cm³/mol. The third-order valence-electron chi connectivity index (χ3n) is 3.92. The molecule has 0 amide bonds. The molecule has 0 spiro atoms. The lowest BCUT2D eigenvalue weighted by Gasteiger charge is -2.10. The van der Waals surface area contributed by atoms with Crippen molar-refractivity contribution in [1.29, 1.82) is 0 Å². The molecule has 0 aromatic heterocycles. The van der Waals surface area contributed by atoms with E-state index in [-0.39, 0.29) is 5.56 Å². The molecule has 132 valence electrons. The number of methoxy groups -OCH3 is 1. The molecule has 0 unspecified atom stereocenters. The van der Waals surface area contributed by atoms with Crippen LogP contribution in [0.25, 0.3) is 11.1 Å². The van der Waals surface area contributed by atoms with E-state index in [1.807, 2.05) is 42.5 Å². The van der Waals surface area contributed by atoms with Crippen LogP contribution < -0.4 is 9.47 Å². The minimum absolute atomic E-state index is 0.232. The number of halogens is 1. The number of rotatable bonds is 6. The second kappa shape index (κ2) is 7.93. The highest BCUT2D eigenvalue weighted by molar-refractivity contribution is 6.32. The van der Waals surface area contributed by atoms with Crippen LogP contribution in [0.4, 0.5) is 0 Å². The van der Waals surface area contributed by atoms with Crippen LogP contribution in [0.15, 0.2) is 66.7 Å². The monoisotopic (exact) mass is 368 g/mol. The number of ether oxygens (including phenoxy) is 2. The largest absolute Gasteiger partial charge is 0.495 e. The molecule has 0 aliphatic rings. The molecule has 0 fully saturated rings. The van der Waals surface area contributed by atoms with Gasteiger partial charge in [-0.25, -0.2) is 4.79 Å². The van der Waals surface area contributed by atoms with Gasteiger partial charge in [-0.3, -0.25) is 0 Å². The van der Waals surface area contributed by atoms with Gasteiger partial charge >= 0.3 is 5.97 Å². The Morgan fingerprint density at radius 3 is 2.38 bits per heavy atom. The van der Waals surface area contributed by atoms with E-state index in [0.717, 1.165) is 16.7 Å². The zero-order chi connectivity index (χ0) is 18.5. The molecule has 0 saturated heterocycles. The maximum atomic E-state index is 10.9. The van der Waals surface area contributed by atoms with E-state index in [0.29, 0.717) is 23.1 Å². The molecule has 0 aliphatic carbocycles. The number of carbonyl (C=O) groups is 1. The first-order chi connectivity index (χ1) is 12.6. The van der Waals surface area contributed by atoms with Gasteiger partial charge in [0, 0.05) is 0 Å². The molecule has 4 nitrogen and oxygen atoms in total. The molecule has 0 heterocycles. The molecule has 1 N–H and O–H groups in total. The molecule has 5 heteroatoms. The van der Waals surface area contributed by atoms with Crippen molar-refractivity contribution in [3.8, 4) is 22.6 Å². The Labute approximate surface area is 156 Å². The first kappa shape index (κ1) is 17.8. The van der Waals surface area contributed by atoms with E-state index in [1.54, 1.807) is 19.2 Å². The summed E-state index contributed by atoms with van der Waals surface area (Å²) in [5.41, 5.74) is 3.24. The Hall–Kier alpha value is -2.98. The van der Waals surface area contributed by atoms with Crippen molar-refractivity contribution in [2.75, 3.05) is 7.11 Å². The summed E-state index contributed by atoms with van der Waals surface area (Å²) in [5, 5.41) is 9.48. The van der Waals surface area contributed by atoms with Crippen LogP contribution in [0.1, 0.15) is 15.9 Å². The predicted octanol–water partition coefficient (Wildman–Crippen LogP) is 5.29. The fourth-order valence-corrected chi connectivity index (χ4v) is 2.80. The molecule has 0 aliphatic heterocycles. The molecule has 0 bridgehead atoms. The minimum atomic E-state index is -0.956. The lowest BCUT2D eigenvalue weighted by molar-refractivity contribution is 0.0697. The molecule has 26 heavy (non-hydrogen) atoms. The van der Waals surface area contributed by atoms with Crippen molar-refractivity contribution >= 4 is 17.6 Å². The summed E-state index contributed by atoms with van der Waals surface area (Å²) < 4.78 is 10.9. The van der Waals surface area contributed by atoms with Crippen molar-refractivity contribution in [1.82, 2.24) is 0 Å². The standard InChI is InChI=1S/C21H17ClO4/c1-25-20-10-7-17(12-19(20)22)16-4-2-3-14(11-16)13-26-18-8-5-15(6-9-18)21(23)24/h2-12H,13H2,1H3,(H,23,24). The summed E-state index contributed by atoms with van der Waals surface area (Å²) in [5.74, 6) is 0.301. The van der Waals surface area contributed by atoms with Crippen LogP contribution in [0.5, 0.6) is 11.5 Å². The van der Waals surface area contributed by atoms with Gasteiger partial charge in [0.1, 0.15) is 18.1 Å². The van der Waals surface area contributed by atoms with Gasteiger partial charge in [-0.15, -0.1) is 0 Å². The second-order valence-corrected chi connectivity index (χ2v) is 6.08.